The number of aromatic amines is 1. The average molecular weight is 322 g/mol. The molecule has 1 unspecified atom stereocenters. The quantitative estimate of drug-likeness (QED) is 0.682. The molecule has 1 N–H and O–H groups in total. The van der Waals surface area contributed by atoms with Crippen molar-refractivity contribution in [1.82, 2.24) is 9.88 Å². The molecule has 3 saturated heterocycles. The zero-order chi connectivity index (χ0) is 16.4. The number of carbonyl (C=O) groups is 1. The van der Waals surface area contributed by atoms with E-state index in [-0.39, 0.29) is 5.92 Å². The van der Waals surface area contributed by atoms with E-state index in [1.54, 1.807) is 7.11 Å². The number of hydrogen-bond acceptors (Lipinski definition) is 3. The van der Waals surface area contributed by atoms with Gasteiger partial charge in [-0.25, -0.2) is 0 Å². The van der Waals surface area contributed by atoms with Crippen LogP contribution in [0.25, 0.3) is 10.9 Å². The third-order valence-electron chi connectivity index (χ3n) is 6.47. The molecule has 24 heavy (non-hydrogen) atoms. The zero-order valence-corrected chi connectivity index (χ0v) is 14.1. The Balaban J connectivity index is 1.67. The lowest BCUT2D eigenvalue weighted by Crippen LogP contribution is -2.60. The van der Waals surface area contributed by atoms with Gasteiger partial charge in [0.2, 0.25) is 0 Å². The molecule has 6 rings (SSSR count). The number of aromatic nitrogens is 1. The van der Waals surface area contributed by atoms with Crippen LogP contribution in [-0.4, -0.2) is 35.9 Å². The lowest BCUT2D eigenvalue weighted by molar-refractivity contribution is -0.121. The number of nitrogens with one attached hydrogen (secondary N) is 1. The maximum absolute atomic E-state index is 11.8. The summed E-state index contributed by atoms with van der Waals surface area (Å²) >= 11 is 0. The number of H-pyrrole nitrogens is 1. The predicted molar refractivity (Wildman–Crippen MR) is 93.2 cm³/mol. The predicted octanol–water partition coefficient (Wildman–Crippen LogP) is 3.24. The molecule has 0 spiro atoms. The first-order valence-corrected chi connectivity index (χ1v) is 8.79. The van der Waals surface area contributed by atoms with Gasteiger partial charge in [0.15, 0.2) is 0 Å². The number of allylic oxidation sites excluding steroid dienone is 1. The monoisotopic (exact) mass is 322 g/mol. The second kappa shape index (κ2) is 4.96. The van der Waals surface area contributed by atoms with Crippen molar-refractivity contribution in [2.75, 3.05) is 13.7 Å². The van der Waals surface area contributed by atoms with Crippen LogP contribution in [0, 0.1) is 11.8 Å². The first-order valence-electron chi connectivity index (χ1n) is 8.79. The van der Waals surface area contributed by atoms with Crippen LogP contribution >= 0.6 is 0 Å². The lowest BCUT2D eigenvalue weighted by atomic mass is 9.64. The van der Waals surface area contributed by atoms with Crippen LogP contribution in [-0.2, 0) is 11.2 Å². The molecule has 4 bridgehead atoms. The number of fused-ring (bicyclic) bond motifs is 4. The lowest BCUT2D eigenvalue weighted by Gasteiger charge is -2.57. The zero-order valence-electron chi connectivity index (χ0n) is 14.1. The molecule has 124 valence electrons. The molecule has 4 nitrogen and oxygen atoms in total. The van der Waals surface area contributed by atoms with Crippen LogP contribution < -0.4 is 4.74 Å². The van der Waals surface area contributed by atoms with Crippen LogP contribution in [0.5, 0.6) is 5.75 Å². The fraction of sp³-hybridized carbons (Fsp3) is 0.450. The molecule has 0 aliphatic carbocycles. The molecule has 5 heterocycles. The van der Waals surface area contributed by atoms with Gasteiger partial charge in [0, 0.05) is 35.1 Å². The number of carbonyl (C=O) groups excluding carboxylic acids is 1. The van der Waals surface area contributed by atoms with Gasteiger partial charge < -0.3 is 14.5 Å². The Morgan fingerprint density at radius 2 is 2.25 bits per heavy atom. The number of hydrogen-bond donors (Lipinski definition) is 1. The summed E-state index contributed by atoms with van der Waals surface area (Å²) in [5.41, 5.74) is 5.38. The van der Waals surface area contributed by atoms with Crippen molar-refractivity contribution >= 4 is 17.2 Å². The van der Waals surface area contributed by atoms with E-state index in [1.807, 2.05) is 6.07 Å². The first kappa shape index (κ1) is 14.3. The number of piperidine rings is 3. The van der Waals surface area contributed by atoms with Crippen molar-refractivity contribution < 1.29 is 9.53 Å². The molecule has 4 heteroatoms. The average Bonchev–Trinajstić information content (AvgIpc) is 2.99. The Morgan fingerprint density at radius 1 is 1.38 bits per heavy atom. The maximum atomic E-state index is 11.8. The van der Waals surface area contributed by atoms with Crippen LogP contribution in [0.4, 0.5) is 0 Å². The van der Waals surface area contributed by atoms with E-state index >= 15 is 0 Å². The number of nitrogens with zero attached hydrogens (tertiary/aromatic N) is 1. The molecule has 5 atom stereocenters. The van der Waals surface area contributed by atoms with E-state index in [0.29, 0.717) is 18.0 Å². The topological polar surface area (TPSA) is 45.3 Å². The number of methoxy groups -OCH3 is 1. The van der Waals surface area contributed by atoms with E-state index in [1.165, 1.54) is 34.0 Å². The fourth-order valence-electron chi connectivity index (χ4n) is 5.32. The van der Waals surface area contributed by atoms with E-state index < -0.39 is 0 Å². The van der Waals surface area contributed by atoms with Gasteiger partial charge in [-0.3, -0.25) is 4.90 Å². The van der Waals surface area contributed by atoms with Crippen LogP contribution in [0.3, 0.4) is 0 Å². The second-order valence-corrected chi connectivity index (χ2v) is 7.31. The summed E-state index contributed by atoms with van der Waals surface area (Å²) in [6.07, 6.45) is 5.44. The molecule has 0 saturated carbocycles. The Morgan fingerprint density at radius 3 is 3.00 bits per heavy atom. The normalized spacial score (nSPS) is 35.2. The van der Waals surface area contributed by atoms with Crippen molar-refractivity contribution in [2.24, 2.45) is 11.8 Å². The Labute approximate surface area is 141 Å². The van der Waals surface area contributed by atoms with Gasteiger partial charge in [-0.2, -0.15) is 0 Å². The van der Waals surface area contributed by atoms with E-state index in [0.717, 1.165) is 25.1 Å². The minimum Gasteiger partial charge on any atom is -0.497 e. The minimum absolute atomic E-state index is 0.130. The second-order valence-electron chi connectivity index (χ2n) is 7.31. The molecule has 1 aromatic heterocycles. The molecule has 2 aromatic rings. The van der Waals surface area contributed by atoms with Crippen molar-refractivity contribution in [2.45, 2.75) is 31.8 Å². The molecular weight excluding hydrogens is 300 g/mol. The van der Waals surface area contributed by atoms with Crippen LogP contribution in [0.15, 0.2) is 29.8 Å². The van der Waals surface area contributed by atoms with Crippen molar-refractivity contribution in [3.05, 3.63) is 41.1 Å². The third-order valence-corrected chi connectivity index (χ3v) is 6.47. The van der Waals surface area contributed by atoms with Gasteiger partial charge in [0.25, 0.3) is 0 Å². The van der Waals surface area contributed by atoms with E-state index in [4.69, 9.17) is 4.74 Å². The summed E-state index contributed by atoms with van der Waals surface area (Å²) in [6, 6.07) is 7.01. The molecule has 0 radical (unpaired) electrons. The van der Waals surface area contributed by atoms with Gasteiger partial charge in [-0.05, 0) is 49.4 Å². The van der Waals surface area contributed by atoms with E-state index in [9.17, 15) is 4.79 Å². The van der Waals surface area contributed by atoms with Gasteiger partial charge in [0.05, 0.1) is 13.2 Å². The Kier molecular flexibility index (Phi) is 2.95. The minimum atomic E-state index is 0.130. The molecule has 4 aliphatic heterocycles. The smallest absolute Gasteiger partial charge is 0.125 e. The highest BCUT2D eigenvalue weighted by molar-refractivity contribution is 5.87. The summed E-state index contributed by atoms with van der Waals surface area (Å²) in [5.74, 6) is 1.44. The number of rotatable bonds is 2. The number of benzene rings is 1. The third kappa shape index (κ3) is 1.69. The van der Waals surface area contributed by atoms with E-state index in [2.05, 4.69) is 35.0 Å². The molecule has 4 aliphatic rings. The molecule has 0 amide bonds. The SMILES string of the molecule is CC=C1CN2[C@@H]3C[C@H]1[C@H](C=O)[C@H]2Cc1c3[nH]c2ccc(OC)cc12. The Hall–Kier alpha value is -2.07. The highest BCUT2D eigenvalue weighted by Gasteiger charge is 2.52. The van der Waals surface area contributed by atoms with Gasteiger partial charge in [0.1, 0.15) is 12.0 Å². The van der Waals surface area contributed by atoms with Crippen molar-refractivity contribution in [1.29, 1.82) is 0 Å². The van der Waals surface area contributed by atoms with Crippen LogP contribution in [0.1, 0.15) is 30.6 Å². The molecule has 3 fully saturated rings. The fourth-order valence-corrected chi connectivity index (χ4v) is 5.32. The van der Waals surface area contributed by atoms with Gasteiger partial charge >= 0.3 is 0 Å². The molecule has 1 aromatic carbocycles. The standard InChI is InChI=1S/C20H22N2O2/c1-3-11-9-22-18-8-15-14-6-12(24-2)4-5-17(14)21-20(15)19(22)7-13(11)16(18)10-23/h3-6,10,13,16,18-19,21H,7-9H2,1-2H3/t13-,16+,18-,19-/m1/s1. The number of aldehydes is 1. The van der Waals surface area contributed by atoms with Crippen LogP contribution in [0.2, 0.25) is 0 Å². The summed E-state index contributed by atoms with van der Waals surface area (Å²) < 4.78 is 5.41. The highest BCUT2D eigenvalue weighted by atomic mass is 16.5. The van der Waals surface area contributed by atoms with Gasteiger partial charge in [-0.15, -0.1) is 0 Å². The maximum Gasteiger partial charge on any atom is 0.125 e. The van der Waals surface area contributed by atoms with Gasteiger partial charge in [-0.1, -0.05) is 11.6 Å². The summed E-state index contributed by atoms with van der Waals surface area (Å²) in [7, 11) is 1.71. The van der Waals surface area contributed by atoms with Crippen molar-refractivity contribution in [3.63, 3.8) is 0 Å². The van der Waals surface area contributed by atoms with Crippen molar-refractivity contribution in [3.8, 4) is 5.75 Å². The number of ether oxygens (including phenoxy) is 1. The summed E-state index contributed by atoms with van der Waals surface area (Å²) in [6.45, 7) is 3.12. The summed E-state index contributed by atoms with van der Waals surface area (Å²) in [4.78, 5) is 18.1. The molecular formula is C20H22N2O2. The highest BCUT2D eigenvalue weighted by Crippen LogP contribution is 2.53. The first-order chi connectivity index (χ1) is 11.7. The Bertz CT molecular complexity index is 866. The largest absolute Gasteiger partial charge is 0.497 e. The summed E-state index contributed by atoms with van der Waals surface area (Å²) in [5, 5.41) is 1.26.